The van der Waals surface area contributed by atoms with Gasteiger partial charge in [0.2, 0.25) is 0 Å². The first-order valence-corrected chi connectivity index (χ1v) is 6.15. The van der Waals surface area contributed by atoms with Crippen LogP contribution >= 0.6 is 0 Å². The van der Waals surface area contributed by atoms with E-state index in [1.54, 1.807) is 0 Å². The van der Waals surface area contributed by atoms with Gasteiger partial charge in [-0.15, -0.1) is 0 Å². The molecule has 1 aromatic rings. The lowest BCUT2D eigenvalue weighted by Crippen LogP contribution is -2.29. The first-order valence-electron chi connectivity index (χ1n) is 6.15. The number of aromatic nitrogens is 2. The summed E-state index contributed by atoms with van der Waals surface area (Å²) in [5.41, 5.74) is 1.26. The van der Waals surface area contributed by atoms with E-state index in [4.69, 9.17) is 4.74 Å². The van der Waals surface area contributed by atoms with Gasteiger partial charge in [0.25, 0.3) is 0 Å². The van der Waals surface area contributed by atoms with E-state index in [-0.39, 0.29) is 0 Å². The van der Waals surface area contributed by atoms with Crippen LogP contribution in [0.3, 0.4) is 0 Å². The quantitative estimate of drug-likeness (QED) is 0.827. The Morgan fingerprint density at radius 3 is 3.12 bits per heavy atom. The van der Waals surface area contributed by atoms with Gasteiger partial charge in [0, 0.05) is 37.8 Å². The van der Waals surface area contributed by atoms with Crippen molar-refractivity contribution in [2.24, 2.45) is 13.0 Å². The summed E-state index contributed by atoms with van der Waals surface area (Å²) < 4.78 is 7.68. The van der Waals surface area contributed by atoms with Crippen molar-refractivity contribution in [2.45, 2.75) is 38.0 Å². The van der Waals surface area contributed by atoms with Crippen LogP contribution in [0.5, 0.6) is 0 Å². The van der Waals surface area contributed by atoms with Crippen molar-refractivity contribution in [3.8, 4) is 0 Å². The third-order valence-electron chi connectivity index (χ3n) is 3.73. The average Bonchev–Trinajstić information content (AvgIpc) is 2.94. The molecule has 3 rings (SSSR count). The zero-order chi connectivity index (χ0) is 11.0. The Hall–Kier alpha value is -0.870. The van der Waals surface area contributed by atoms with Gasteiger partial charge in [0.1, 0.15) is 0 Å². The van der Waals surface area contributed by atoms with Crippen LogP contribution in [0.15, 0.2) is 12.4 Å². The van der Waals surface area contributed by atoms with Crippen molar-refractivity contribution in [2.75, 3.05) is 6.54 Å². The van der Waals surface area contributed by atoms with Gasteiger partial charge in [-0.05, 0) is 19.3 Å². The van der Waals surface area contributed by atoms with Gasteiger partial charge in [-0.2, -0.15) is 5.10 Å². The number of hydrogen-bond donors (Lipinski definition) is 1. The molecule has 0 aromatic carbocycles. The highest BCUT2D eigenvalue weighted by Gasteiger charge is 2.40. The Bertz CT molecular complexity index is 363. The molecule has 1 N–H and O–H groups in total. The molecular weight excluding hydrogens is 202 g/mol. The Morgan fingerprint density at radius 1 is 1.56 bits per heavy atom. The first-order chi connectivity index (χ1) is 7.81. The lowest BCUT2D eigenvalue weighted by atomic mass is 9.89. The summed E-state index contributed by atoms with van der Waals surface area (Å²) >= 11 is 0. The van der Waals surface area contributed by atoms with Gasteiger partial charge in [-0.25, -0.2) is 0 Å². The van der Waals surface area contributed by atoms with Gasteiger partial charge in [-0.3, -0.25) is 4.68 Å². The topological polar surface area (TPSA) is 39.1 Å². The number of aryl methyl sites for hydroxylation is 1. The number of ether oxygens (including phenoxy) is 1. The molecule has 3 atom stereocenters. The van der Waals surface area contributed by atoms with Gasteiger partial charge in [0.15, 0.2) is 0 Å². The predicted octanol–water partition coefficient (Wildman–Crippen LogP) is 1.08. The van der Waals surface area contributed by atoms with Gasteiger partial charge in [-0.1, -0.05) is 0 Å². The molecular formula is C12H19N3O. The number of nitrogens with zero attached hydrogens (tertiary/aromatic N) is 2. The fraction of sp³-hybridized carbons (Fsp3) is 0.750. The molecule has 4 nitrogen and oxygen atoms in total. The number of nitrogens with one attached hydrogen (secondary N) is 1. The summed E-state index contributed by atoms with van der Waals surface area (Å²) in [6, 6.07) is 0. The molecule has 3 unspecified atom stereocenters. The molecule has 2 aliphatic rings. The second-order valence-electron chi connectivity index (χ2n) is 5.02. The lowest BCUT2D eigenvalue weighted by molar-refractivity contribution is 0.0924. The minimum atomic E-state index is 0.534. The van der Waals surface area contributed by atoms with Crippen molar-refractivity contribution in [1.82, 2.24) is 15.1 Å². The largest absolute Gasteiger partial charge is 0.375 e. The smallest absolute Gasteiger partial charge is 0.0621 e. The first kappa shape index (κ1) is 10.3. The molecule has 0 spiro atoms. The summed E-state index contributed by atoms with van der Waals surface area (Å²) in [5.74, 6) is 0.732. The molecule has 88 valence electrons. The number of hydrogen-bond acceptors (Lipinski definition) is 3. The van der Waals surface area contributed by atoms with Gasteiger partial charge in [0.05, 0.1) is 18.4 Å². The molecule has 0 aliphatic carbocycles. The molecule has 2 fully saturated rings. The third-order valence-corrected chi connectivity index (χ3v) is 3.73. The summed E-state index contributed by atoms with van der Waals surface area (Å²) in [6.07, 6.45) is 8.88. The third kappa shape index (κ3) is 1.99. The Labute approximate surface area is 96.0 Å². The molecule has 2 saturated heterocycles. The summed E-state index contributed by atoms with van der Waals surface area (Å²) in [6.45, 7) is 2.00. The predicted molar refractivity (Wildman–Crippen MR) is 60.9 cm³/mol. The van der Waals surface area contributed by atoms with Crippen LogP contribution in [-0.2, 0) is 18.3 Å². The molecule has 2 bridgehead atoms. The minimum Gasteiger partial charge on any atom is -0.375 e. The number of fused-ring (bicyclic) bond motifs is 2. The Kier molecular flexibility index (Phi) is 2.69. The highest BCUT2D eigenvalue weighted by Crippen LogP contribution is 2.38. The summed E-state index contributed by atoms with van der Waals surface area (Å²) in [4.78, 5) is 0. The minimum absolute atomic E-state index is 0.534. The summed E-state index contributed by atoms with van der Waals surface area (Å²) in [5, 5.41) is 7.67. The van der Waals surface area contributed by atoms with Crippen molar-refractivity contribution in [1.29, 1.82) is 0 Å². The van der Waals surface area contributed by atoms with Crippen LogP contribution in [0.1, 0.15) is 24.8 Å². The fourth-order valence-electron chi connectivity index (χ4n) is 2.92. The van der Waals surface area contributed by atoms with E-state index in [9.17, 15) is 0 Å². The van der Waals surface area contributed by atoms with Crippen LogP contribution < -0.4 is 5.32 Å². The Balaban J connectivity index is 1.44. The van der Waals surface area contributed by atoms with Gasteiger partial charge < -0.3 is 10.1 Å². The maximum Gasteiger partial charge on any atom is 0.0621 e. The van der Waals surface area contributed by atoms with Crippen molar-refractivity contribution in [3.63, 3.8) is 0 Å². The standard InChI is InChI=1S/C12H19N3O/c1-15-8-9(6-14-15)5-13-7-10-4-11-2-3-12(10)16-11/h6,8,10-13H,2-5,7H2,1H3. The summed E-state index contributed by atoms with van der Waals surface area (Å²) in [7, 11) is 1.95. The fourth-order valence-corrected chi connectivity index (χ4v) is 2.92. The molecule has 0 saturated carbocycles. The molecule has 2 aliphatic heterocycles. The second kappa shape index (κ2) is 4.18. The number of rotatable bonds is 4. The van der Waals surface area contributed by atoms with E-state index in [1.165, 1.54) is 24.8 Å². The average molecular weight is 221 g/mol. The zero-order valence-corrected chi connectivity index (χ0v) is 9.72. The van der Waals surface area contributed by atoms with Crippen LogP contribution in [0, 0.1) is 5.92 Å². The van der Waals surface area contributed by atoms with E-state index in [2.05, 4.69) is 16.6 Å². The molecule has 16 heavy (non-hydrogen) atoms. The van der Waals surface area contributed by atoms with Crippen molar-refractivity contribution >= 4 is 0 Å². The normalized spacial score (nSPS) is 32.4. The molecule has 0 amide bonds. The van der Waals surface area contributed by atoms with E-state index in [1.807, 2.05) is 17.9 Å². The van der Waals surface area contributed by atoms with Crippen LogP contribution in [0.4, 0.5) is 0 Å². The molecule has 3 heterocycles. The second-order valence-corrected chi connectivity index (χ2v) is 5.02. The zero-order valence-electron chi connectivity index (χ0n) is 9.72. The van der Waals surface area contributed by atoms with E-state index in [0.29, 0.717) is 12.2 Å². The lowest BCUT2D eigenvalue weighted by Gasteiger charge is -2.18. The highest BCUT2D eigenvalue weighted by atomic mass is 16.5. The maximum absolute atomic E-state index is 5.84. The molecule has 4 heteroatoms. The highest BCUT2D eigenvalue weighted by molar-refractivity contribution is 5.03. The van der Waals surface area contributed by atoms with E-state index < -0.39 is 0 Å². The molecule has 1 aromatic heterocycles. The van der Waals surface area contributed by atoms with Crippen LogP contribution in [0.25, 0.3) is 0 Å². The molecule has 0 radical (unpaired) electrons. The monoisotopic (exact) mass is 221 g/mol. The van der Waals surface area contributed by atoms with Crippen molar-refractivity contribution in [3.05, 3.63) is 18.0 Å². The van der Waals surface area contributed by atoms with E-state index in [0.717, 1.165) is 19.0 Å². The van der Waals surface area contributed by atoms with Crippen LogP contribution in [0.2, 0.25) is 0 Å². The SMILES string of the molecule is Cn1cc(CNCC2CC3CCC2O3)cn1. The maximum atomic E-state index is 5.84. The Morgan fingerprint density at radius 2 is 2.50 bits per heavy atom. The van der Waals surface area contributed by atoms with Crippen molar-refractivity contribution < 1.29 is 4.74 Å². The van der Waals surface area contributed by atoms with E-state index >= 15 is 0 Å². The van der Waals surface area contributed by atoms with Crippen LogP contribution in [-0.4, -0.2) is 28.5 Å². The van der Waals surface area contributed by atoms with Gasteiger partial charge >= 0.3 is 0 Å².